The van der Waals surface area contributed by atoms with Crippen LogP contribution in [0.1, 0.15) is 44.7 Å². The molecule has 0 radical (unpaired) electrons. The molecule has 1 fully saturated rings. The molecule has 1 aromatic rings. The maximum atomic E-state index is 12.5. The van der Waals surface area contributed by atoms with E-state index in [1.54, 1.807) is 4.90 Å². The fourth-order valence-corrected chi connectivity index (χ4v) is 2.97. The second-order valence-corrected chi connectivity index (χ2v) is 8.15. The number of amides is 2. The van der Waals surface area contributed by atoms with E-state index in [0.29, 0.717) is 32.5 Å². The molecule has 1 saturated heterocycles. The number of nitrogens with one attached hydrogen (secondary N) is 1. The molecule has 2 amide bonds. The molecular weight excluding hydrogens is 350 g/mol. The van der Waals surface area contributed by atoms with Crippen LogP contribution in [0.15, 0.2) is 24.3 Å². The molecule has 6 heteroatoms. The molecule has 1 aliphatic rings. The lowest BCUT2D eigenvalue weighted by atomic mass is 9.85. The topological polar surface area (TPSA) is 75.4 Å². The number of nitrogens with zero attached hydrogens (tertiary/aromatic N) is 1. The van der Waals surface area contributed by atoms with Crippen LogP contribution in [0.2, 0.25) is 0 Å². The second-order valence-electron chi connectivity index (χ2n) is 8.15. The van der Waals surface area contributed by atoms with E-state index in [2.05, 4.69) is 5.32 Å². The van der Waals surface area contributed by atoms with Crippen molar-refractivity contribution < 1.29 is 9.59 Å². The Kier molecular flexibility index (Phi) is 8.10. The summed E-state index contributed by atoms with van der Waals surface area (Å²) >= 11 is 0. The van der Waals surface area contributed by atoms with Gasteiger partial charge in [-0.05, 0) is 30.7 Å². The van der Waals surface area contributed by atoms with Gasteiger partial charge in [0.05, 0.1) is 6.04 Å². The number of likely N-dealkylation sites (tertiary alicyclic amines) is 1. The Morgan fingerprint density at radius 2 is 1.73 bits per heavy atom. The standard InChI is InChI=1S/C20H31N3O2.ClH/c1-14-5-7-15(8-6-14)13-22-18(24)16-9-11-23(12-10-16)19(25)17(21)20(2,3)4;/h5-8,16-17H,9-13,21H2,1-4H3,(H,22,24);1H/t17-;/m1./s1. The molecule has 1 atom stereocenters. The van der Waals surface area contributed by atoms with E-state index in [1.807, 2.05) is 52.0 Å². The first-order valence-corrected chi connectivity index (χ1v) is 9.06. The fraction of sp³-hybridized carbons (Fsp3) is 0.600. The number of carbonyl (C=O) groups excluding carboxylic acids is 2. The van der Waals surface area contributed by atoms with Gasteiger partial charge in [-0.2, -0.15) is 0 Å². The number of piperidine rings is 1. The van der Waals surface area contributed by atoms with Crippen LogP contribution in [0, 0.1) is 18.3 Å². The first-order chi connectivity index (χ1) is 11.7. The summed E-state index contributed by atoms with van der Waals surface area (Å²) in [6.45, 7) is 9.72. The van der Waals surface area contributed by atoms with Crippen LogP contribution in [-0.4, -0.2) is 35.8 Å². The molecule has 3 N–H and O–H groups in total. The van der Waals surface area contributed by atoms with Crippen molar-refractivity contribution >= 4 is 24.2 Å². The number of benzene rings is 1. The minimum absolute atomic E-state index is 0. The van der Waals surface area contributed by atoms with Crippen LogP contribution >= 0.6 is 12.4 Å². The quantitative estimate of drug-likeness (QED) is 0.841. The summed E-state index contributed by atoms with van der Waals surface area (Å²) in [4.78, 5) is 26.6. The van der Waals surface area contributed by atoms with Crippen molar-refractivity contribution in [2.75, 3.05) is 13.1 Å². The van der Waals surface area contributed by atoms with Gasteiger partial charge < -0.3 is 16.0 Å². The van der Waals surface area contributed by atoms with Gasteiger partial charge in [0.2, 0.25) is 11.8 Å². The van der Waals surface area contributed by atoms with Crippen molar-refractivity contribution in [1.29, 1.82) is 0 Å². The van der Waals surface area contributed by atoms with Gasteiger partial charge in [0.15, 0.2) is 0 Å². The summed E-state index contributed by atoms with van der Waals surface area (Å²) in [5.41, 5.74) is 8.13. The molecule has 0 saturated carbocycles. The van der Waals surface area contributed by atoms with Gasteiger partial charge >= 0.3 is 0 Å². The van der Waals surface area contributed by atoms with Crippen molar-refractivity contribution in [3.05, 3.63) is 35.4 Å². The Balaban J connectivity index is 0.00000338. The average Bonchev–Trinajstić information content (AvgIpc) is 2.59. The van der Waals surface area contributed by atoms with Gasteiger partial charge in [-0.15, -0.1) is 12.4 Å². The number of nitrogens with two attached hydrogens (primary N) is 1. The number of halogens is 1. The first-order valence-electron chi connectivity index (χ1n) is 9.06. The summed E-state index contributed by atoms with van der Waals surface area (Å²) < 4.78 is 0. The van der Waals surface area contributed by atoms with Crippen LogP contribution in [-0.2, 0) is 16.1 Å². The summed E-state index contributed by atoms with van der Waals surface area (Å²) in [6.07, 6.45) is 1.39. The predicted molar refractivity (Wildman–Crippen MR) is 107 cm³/mol. The monoisotopic (exact) mass is 381 g/mol. The van der Waals surface area contributed by atoms with Crippen LogP contribution < -0.4 is 11.1 Å². The highest BCUT2D eigenvalue weighted by Gasteiger charge is 2.34. The van der Waals surface area contributed by atoms with Crippen LogP contribution in [0.5, 0.6) is 0 Å². The smallest absolute Gasteiger partial charge is 0.240 e. The average molecular weight is 382 g/mol. The number of carbonyl (C=O) groups is 2. The van der Waals surface area contributed by atoms with E-state index in [9.17, 15) is 9.59 Å². The number of hydrogen-bond donors (Lipinski definition) is 2. The molecule has 0 spiro atoms. The summed E-state index contributed by atoms with van der Waals surface area (Å²) in [5.74, 6) is 0.0409. The molecule has 0 unspecified atom stereocenters. The molecule has 1 aromatic carbocycles. The molecule has 0 aromatic heterocycles. The molecular formula is C20H32ClN3O2. The second kappa shape index (κ2) is 9.38. The molecule has 2 rings (SSSR count). The number of hydrogen-bond acceptors (Lipinski definition) is 3. The summed E-state index contributed by atoms with van der Waals surface area (Å²) in [5, 5.41) is 3.01. The van der Waals surface area contributed by atoms with Crippen LogP contribution in [0.3, 0.4) is 0 Å². The van der Waals surface area contributed by atoms with Crippen LogP contribution in [0.25, 0.3) is 0 Å². The third-order valence-corrected chi connectivity index (χ3v) is 4.96. The van der Waals surface area contributed by atoms with Crippen LogP contribution in [0.4, 0.5) is 0 Å². The third kappa shape index (κ3) is 5.99. The van der Waals surface area contributed by atoms with E-state index < -0.39 is 6.04 Å². The van der Waals surface area contributed by atoms with E-state index in [0.717, 1.165) is 5.56 Å². The normalized spacial score (nSPS) is 16.6. The SMILES string of the molecule is Cc1ccc(CNC(=O)C2CCN(C(=O)[C@@H](N)C(C)(C)C)CC2)cc1.Cl. The van der Waals surface area contributed by atoms with Crippen molar-refractivity contribution in [3.63, 3.8) is 0 Å². The van der Waals surface area contributed by atoms with Gasteiger partial charge in [0.1, 0.15) is 0 Å². The van der Waals surface area contributed by atoms with E-state index in [-0.39, 0.29) is 35.6 Å². The van der Waals surface area contributed by atoms with Gasteiger partial charge in [-0.1, -0.05) is 50.6 Å². The lowest BCUT2D eigenvalue weighted by Gasteiger charge is -2.36. The molecule has 146 valence electrons. The minimum Gasteiger partial charge on any atom is -0.352 e. The predicted octanol–water partition coefficient (Wildman–Crippen LogP) is 2.65. The molecule has 1 aliphatic heterocycles. The van der Waals surface area contributed by atoms with Crippen molar-refractivity contribution in [2.24, 2.45) is 17.1 Å². The summed E-state index contributed by atoms with van der Waals surface area (Å²) in [7, 11) is 0. The van der Waals surface area contributed by atoms with E-state index >= 15 is 0 Å². The zero-order chi connectivity index (χ0) is 18.6. The molecule has 5 nitrogen and oxygen atoms in total. The highest BCUT2D eigenvalue weighted by atomic mass is 35.5. The van der Waals surface area contributed by atoms with Gasteiger partial charge in [0, 0.05) is 25.6 Å². The highest BCUT2D eigenvalue weighted by Crippen LogP contribution is 2.23. The van der Waals surface area contributed by atoms with Gasteiger partial charge in [0.25, 0.3) is 0 Å². The maximum absolute atomic E-state index is 12.5. The van der Waals surface area contributed by atoms with E-state index in [4.69, 9.17) is 5.73 Å². The molecule has 0 bridgehead atoms. The van der Waals surface area contributed by atoms with E-state index in [1.165, 1.54) is 5.56 Å². The molecule has 26 heavy (non-hydrogen) atoms. The minimum atomic E-state index is -0.501. The zero-order valence-electron chi connectivity index (χ0n) is 16.2. The lowest BCUT2D eigenvalue weighted by molar-refractivity contribution is -0.138. The van der Waals surface area contributed by atoms with Crippen molar-refractivity contribution in [3.8, 4) is 0 Å². The highest BCUT2D eigenvalue weighted by molar-refractivity contribution is 5.85. The van der Waals surface area contributed by atoms with Crippen molar-refractivity contribution in [2.45, 2.75) is 53.1 Å². The van der Waals surface area contributed by atoms with Gasteiger partial charge in [-0.25, -0.2) is 0 Å². The third-order valence-electron chi connectivity index (χ3n) is 4.96. The number of aryl methyl sites for hydroxylation is 1. The fourth-order valence-electron chi connectivity index (χ4n) is 2.97. The molecule has 1 heterocycles. The Labute approximate surface area is 163 Å². The largest absolute Gasteiger partial charge is 0.352 e. The zero-order valence-corrected chi connectivity index (χ0v) is 17.1. The first kappa shape index (κ1) is 22.5. The molecule has 0 aliphatic carbocycles. The Morgan fingerprint density at radius 1 is 1.19 bits per heavy atom. The lowest BCUT2D eigenvalue weighted by Crippen LogP contribution is -2.53. The Morgan fingerprint density at radius 3 is 2.23 bits per heavy atom. The Hall–Kier alpha value is -1.59. The number of rotatable bonds is 4. The van der Waals surface area contributed by atoms with Gasteiger partial charge in [-0.3, -0.25) is 9.59 Å². The Bertz CT molecular complexity index is 602. The maximum Gasteiger partial charge on any atom is 0.240 e. The van der Waals surface area contributed by atoms with Crippen molar-refractivity contribution in [1.82, 2.24) is 10.2 Å². The summed E-state index contributed by atoms with van der Waals surface area (Å²) in [6, 6.07) is 7.66.